The minimum absolute atomic E-state index is 0.111. The summed E-state index contributed by atoms with van der Waals surface area (Å²) in [6.45, 7) is 6.08. The summed E-state index contributed by atoms with van der Waals surface area (Å²) in [7, 11) is 3.56. The van der Waals surface area contributed by atoms with Gasteiger partial charge in [0.1, 0.15) is 0 Å². The van der Waals surface area contributed by atoms with Crippen molar-refractivity contribution < 1.29 is 4.79 Å². The molecule has 0 spiro atoms. The Hall–Kier alpha value is -0.870. The van der Waals surface area contributed by atoms with Crippen LogP contribution in [0.3, 0.4) is 0 Å². The predicted octanol–water partition coefficient (Wildman–Crippen LogP) is 2.18. The van der Waals surface area contributed by atoms with Crippen molar-refractivity contribution >= 4 is 17.2 Å². The van der Waals surface area contributed by atoms with Gasteiger partial charge in [-0.15, -0.1) is 11.3 Å². The number of nitrogens with one attached hydrogen (secondary N) is 1. The molecule has 3 nitrogen and oxygen atoms in total. The Morgan fingerprint density at radius 3 is 2.44 bits per heavy atom. The summed E-state index contributed by atoms with van der Waals surface area (Å²) in [6.07, 6.45) is 0. The number of carbonyl (C=O) groups excluding carboxylic acids is 1. The Balaban J connectivity index is 2.58. The number of hydrogen-bond acceptors (Lipinski definition) is 3. The van der Waals surface area contributed by atoms with Crippen molar-refractivity contribution in [2.75, 3.05) is 14.1 Å². The zero-order valence-corrected chi connectivity index (χ0v) is 11.4. The number of carbonyl (C=O) groups is 1. The molecule has 1 rings (SSSR count). The third-order valence-corrected chi connectivity index (χ3v) is 3.68. The third kappa shape index (κ3) is 3.32. The average Bonchev–Trinajstić information content (AvgIpc) is 2.63. The summed E-state index contributed by atoms with van der Waals surface area (Å²) in [5, 5.41) is 3.31. The van der Waals surface area contributed by atoms with Crippen molar-refractivity contribution in [1.29, 1.82) is 0 Å². The van der Waals surface area contributed by atoms with Crippen LogP contribution in [0.1, 0.15) is 29.6 Å². The van der Waals surface area contributed by atoms with Gasteiger partial charge >= 0.3 is 0 Å². The molecule has 0 bridgehead atoms. The molecule has 0 aliphatic rings. The summed E-state index contributed by atoms with van der Waals surface area (Å²) in [4.78, 5) is 15.9. The van der Waals surface area contributed by atoms with Gasteiger partial charge in [-0.25, -0.2) is 0 Å². The number of thiophene rings is 1. The fraction of sp³-hybridized carbons (Fsp3) is 0.583. The SMILES string of the molecule is Cc1ccc(C(C)NC(C)C(=O)N(C)C)s1. The molecule has 0 aliphatic heterocycles. The molecular formula is C12H20N2OS. The monoisotopic (exact) mass is 240 g/mol. The zero-order valence-electron chi connectivity index (χ0n) is 10.6. The van der Waals surface area contributed by atoms with Crippen LogP contribution in [-0.4, -0.2) is 30.9 Å². The van der Waals surface area contributed by atoms with Crippen LogP contribution in [0.25, 0.3) is 0 Å². The minimum atomic E-state index is -0.146. The largest absolute Gasteiger partial charge is 0.347 e. The molecule has 2 unspecified atom stereocenters. The van der Waals surface area contributed by atoms with Crippen LogP contribution in [0.15, 0.2) is 12.1 Å². The maximum Gasteiger partial charge on any atom is 0.238 e. The van der Waals surface area contributed by atoms with Gasteiger partial charge in [-0.2, -0.15) is 0 Å². The van der Waals surface area contributed by atoms with E-state index in [1.807, 2.05) is 6.92 Å². The van der Waals surface area contributed by atoms with Gasteiger partial charge in [0.25, 0.3) is 0 Å². The second-order valence-electron chi connectivity index (χ2n) is 4.29. The van der Waals surface area contributed by atoms with Gasteiger partial charge in [-0.1, -0.05) is 0 Å². The zero-order chi connectivity index (χ0) is 12.3. The van der Waals surface area contributed by atoms with E-state index in [1.54, 1.807) is 30.3 Å². The fourth-order valence-electron chi connectivity index (χ4n) is 1.60. The van der Waals surface area contributed by atoms with Crippen LogP contribution < -0.4 is 5.32 Å². The molecule has 1 amide bonds. The quantitative estimate of drug-likeness (QED) is 0.875. The lowest BCUT2D eigenvalue weighted by Crippen LogP contribution is -2.42. The average molecular weight is 240 g/mol. The van der Waals surface area contributed by atoms with Gasteiger partial charge in [0.15, 0.2) is 0 Å². The van der Waals surface area contributed by atoms with E-state index >= 15 is 0 Å². The highest BCUT2D eigenvalue weighted by molar-refractivity contribution is 7.12. The van der Waals surface area contributed by atoms with E-state index in [4.69, 9.17) is 0 Å². The molecule has 1 heterocycles. The minimum Gasteiger partial charge on any atom is -0.347 e. The van der Waals surface area contributed by atoms with Crippen molar-refractivity contribution in [3.05, 3.63) is 21.9 Å². The summed E-state index contributed by atoms with van der Waals surface area (Å²) in [6, 6.07) is 4.30. The standard InChI is InChI=1S/C12H20N2OS/c1-8-6-7-11(16-8)9(2)13-10(3)12(15)14(4)5/h6-7,9-10,13H,1-5H3. The maximum atomic E-state index is 11.7. The van der Waals surface area contributed by atoms with E-state index in [0.29, 0.717) is 0 Å². The molecule has 4 heteroatoms. The lowest BCUT2D eigenvalue weighted by atomic mass is 10.2. The molecule has 0 saturated heterocycles. The van der Waals surface area contributed by atoms with Crippen LogP contribution >= 0.6 is 11.3 Å². The molecule has 1 N–H and O–H groups in total. The van der Waals surface area contributed by atoms with Crippen LogP contribution in [0.4, 0.5) is 0 Å². The first kappa shape index (κ1) is 13.2. The van der Waals surface area contributed by atoms with E-state index in [1.165, 1.54) is 9.75 Å². The molecule has 16 heavy (non-hydrogen) atoms. The molecule has 0 aliphatic carbocycles. The van der Waals surface area contributed by atoms with Crippen molar-refractivity contribution in [3.63, 3.8) is 0 Å². The van der Waals surface area contributed by atoms with Crippen molar-refractivity contribution in [1.82, 2.24) is 10.2 Å². The molecule has 0 fully saturated rings. The number of rotatable bonds is 4. The highest BCUT2D eigenvalue weighted by Crippen LogP contribution is 2.22. The Morgan fingerprint density at radius 2 is 2.00 bits per heavy atom. The molecule has 90 valence electrons. The van der Waals surface area contributed by atoms with E-state index in [0.717, 1.165) is 0 Å². The van der Waals surface area contributed by atoms with E-state index in [9.17, 15) is 4.79 Å². The number of amides is 1. The van der Waals surface area contributed by atoms with Gasteiger partial charge in [-0.05, 0) is 32.9 Å². The number of nitrogens with zero attached hydrogens (tertiary/aromatic N) is 1. The second-order valence-corrected chi connectivity index (χ2v) is 5.61. The highest BCUT2D eigenvalue weighted by atomic mass is 32.1. The Bertz CT molecular complexity index is 360. The molecule has 0 saturated carbocycles. The second kappa shape index (κ2) is 5.46. The Kier molecular flexibility index (Phi) is 4.50. The molecule has 1 aromatic heterocycles. The van der Waals surface area contributed by atoms with Crippen LogP contribution in [0.5, 0.6) is 0 Å². The van der Waals surface area contributed by atoms with Gasteiger partial charge in [0.05, 0.1) is 6.04 Å². The van der Waals surface area contributed by atoms with Crippen LogP contribution in [0.2, 0.25) is 0 Å². The molecule has 0 aromatic carbocycles. The van der Waals surface area contributed by atoms with Gasteiger partial charge in [0.2, 0.25) is 5.91 Å². The van der Waals surface area contributed by atoms with Crippen molar-refractivity contribution in [2.45, 2.75) is 32.9 Å². The first-order valence-corrected chi connectivity index (χ1v) is 6.27. The van der Waals surface area contributed by atoms with Crippen molar-refractivity contribution in [2.24, 2.45) is 0 Å². The van der Waals surface area contributed by atoms with E-state index < -0.39 is 0 Å². The first-order valence-electron chi connectivity index (χ1n) is 5.45. The lowest BCUT2D eigenvalue weighted by Gasteiger charge is -2.21. The summed E-state index contributed by atoms with van der Waals surface area (Å²) >= 11 is 1.77. The predicted molar refractivity (Wildman–Crippen MR) is 68.8 cm³/mol. The van der Waals surface area contributed by atoms with E-state index in [2.05, 4.69) is 31.3 Å². The van der Waals surface area contributed by atoms with Crippen LogP contribution in [0, 0.1) is 6.92 Å². The molecule has 1 aromatic rings. The molecule has 0 radical (unpaired) electrons. The third-order valence-electron chi connectivity index (χ3n) is 2.50. The number of hydrogen-bond donors (Lipinski definition) is 1. The summed E-state index contributed by atoms with van der Waals surface area (Å²) in [5.41, 5.74) is 0. The summed E-state index contributed by atoms with van der Waals surface area (Å²) in [5.74, 6) is 0.111. The number of aryl methyl sites for hydroxylation is 1. The van der Waals surface area contributed by atoms with Gasteiger partial charge < -0.3 is 4.90 Å². The maximum absolute atomic E-state index is 11.7. The Labute approximate surface area is 101 Å². The first-order chi connectivity index (χ1) is 7.41. The summed E-state index contributed by atoms with van der Waals surface area (Å²) < 4.78 is 0. The highest BCUT2D eigenvalue weighted by Gasteiger charge is 2.18. The molecular weight excluding hydrogens is 220 g/mol. The van der Waals surface area contributed by atoms with Crippen LogP contribution in [-0.2, 0) is 4.79 Å². The normalized spacial score (nSPS) is 14.6. The molecule has 2 atom stereocenters. The number of likely N-dealkylation sites (N-methyl/N-ethyl adjacent to an activating group) is 1. The van der Waals surface area contributed by atoms with Crippen molar-refractivity contribution in [3.8, 4) is 0 Å². The van der Waals surface area contributed by atoms with E-state index in [-0.39, 0.29) is 18.0 Å². The fourth-order valence-corrected chi connectivity index (χ4v) is 2.49. The van der Waals surface area contributed by atoms with Gasteiger partial charge in [-0.3, -0.25) is 10.1 Å². The van der Waals surface area contributed by atoms with Gasteiger partial charge in [0, 0.05) is 29.9 Å². The smallest absolute Gasteiger partial charge is 0.238 e. The lowest BCUT2D eigenvalue weighted by molar-refractivity contribution is -0.130. The topological polar surface area (TPSA) is 32.3 Å². The Morgan fingerprint density at radius 1 is 1.38 bits per heavy atom.